The molecule has 4 aromatic heterocycles. The minimum absolute atomic E-state index is 0.00903. The van der Waals surface area contributed by atoms with Crippen molar-refractivity contribution in [3.05, 3.63) is 123 Å². The van der Waals surface area contributed by atoms with Gasteiger partial charge in [-0.3, -0.25) is 28.0 Å². The Morgan fingerprint density at radius 3 is 1.63 bits per heavy atom. The molecular formula is C51H51F4IN10O7. The number of alkyl halides is 2. The normalized spacial score (nSPS) is 14.2. The van der Waals surface area contributed by atoms with Gasteiger partial charge in [0.05, 0.1) is 44.1 Å². The molecule has 2 saturated heterocycles. The van der Waals surface area contributed by atoms with Crippen molar-refractivity contribution in [2.24, 2.45) is 11.8 Å². The third kappa shape index (κ3) is 11.3. The number of amides is 2. The molecule has 2 aliphatic rings. The molecule has 6 heterocycles. The van der Waals surface area contributed by atoms with Gasteiger partial charge in [-0.1, -0.05) is 13.8 Å². The number of ether oxygens (including phenoxy) is 3. The van der Waals surface area contributed by atoms with Crippen molar-refractivity contribution in [3.63, 3.8) is 0 Å². The molecule has 0 spiro atoms. The number of imidazole rings is 2. The number of benzene rings is 3. The van der Waals surface area contributed by atoms with Crippen molar-refractivity contribution >= 4 is 80.6 Å². The molecule has 7 aromatic rings. The summed E-state index contributed by atoms with van der Waals surface area (Å²) in [5.41, 5.74) is 5.53. The smallest absolute Gasteiger partial charge is 0.387 e. The maximum Gasteiger partial charge on any atom is 0.387 e. The number of carbonyl (C=O) groups excluding carboxylic acids is 4. The maximum absolute atomic E-state index is 14.8. The second kappa shape index (κ2) is 23.0. The molecule has 22 heteroatoms. The van der Waals surface area contributed by atoms with Crippen LogP contribution in [-0.4, -0.2) is 109 Å². The van der Waals surface area contributed by atoms with Crippen LogP contribution in [0.2, 0.25) is 0 Å². The second-order valence-electron chi connectivity index (χ2n) is 17.2. The predicted molar refractivity (Wildman–Crippen MR) is 270 cm³/mol. The van der Waals surface area contributed by atoms with Crippen molar-refractivity contribution in [1.82, 2.24) is 38.5 Å². The second-order valence-corrected chi connectivity index (χ2v) is 18.3. The van der Waals surface area contributed by atoms with E-state index in [1.807, 2.05) is 53.6 Å². The lowest BCUT2D eigenvalue weighted by Crippen LogP contribution is -2.40. The van der Waals surface area contributed by atoms with Gasteiger partial charge in [0.1, 0.15) is 3.70 Å². The molecule has 0 saturated carbocycles. The first-order valence-corrected chi connectivity index (χ1v) is 24.6. The first kappa shape index (κ1) is 52.0. The zero-order valence-electron chi connectivity index (χ0n) is 40.2. The van der Waals surface area contributed by atoms with Gasteiger partial charge < -0.3 is 34.6 Å². The molecule has 0 unspecified atom stereocenters. The van der Waals surface area contributed by atoms with Crippen LogP contribution in [-0.2, 0) is 31.9 Å². The summed E-state index contributed by atoms with van der Waals surface area (Å²) in [6.07, 6.45) is 13.3. The largest absolute Gasteiger partial charge is 0.469 e. The highest BCUT2D eigenvalue weighted by Crippen LogP contribution is 2.33. The Labute approximate surface area is 430 Å². The minimum Gasteiger partial charge on any atom is -0.469 e. The highest BCUT2D eigenvalue weighted by atomic mass is 127. The summed E-state index contributed by atoms with van der Waals surface area (Å²) >= 11 is 2.23. The van der Waals surface area contributed by atoms with Crippen LogP contribution in [0.4, 0.5) is 40.6 Å². The number of aromatic nitrogens is 6. The number of nitrogens with one attached hydrogen (secondary N) is 2. The number of hydrogen-bond donors (Lipinski definition) is 2. The Bertz CT molecular complexity index is 3170. The van der Waals surface area contributed by atoms with Crippen LogP contribution in [0, 0.1) is 27.2 Å². The van der Waals surface area contributed by atoms with Gasteiger partial charge in [0.15, 0.2) is 34.5 Å². The number of fused-ring (bicyclic) bond motifs is 2. The van der Waals surface area contributed by atoms with E-state index >= 15 is 0 Å². The van der Waals surface area contributed by atoms with E-state index in [0.717, 1.165) is 44.7 Å². The lowest BCUT2D eigenvalue weighted by Gasteiger charge is -2.31. The number of rotatable bonds is 13. The lowest BCUT2D eigenvalue weighted by atomic mass is 9.95. The molecule has 2 aliphatic heterocycles. The molecule has 17 nitrogen and oxygen atoms in total. The highest BCUT2D eigenvalue weighted by molar-refractivity contribution is 14.1. The van der Waals surface area contributed by atoms with Crippen LogP contribution in [0.5, 0.6) is 5.75 Å². The van der Waals surface area contributed by atoms with Crippen molar-refractivity contribution in [2.75, 3.05) is 51.0 Å². The maximum atomic E-state index is 14.8. The van der Waals surface area contributed by atoms with Gasteiger partial charge >= 0.3 is 18.6 Å². The van der Waals surface area contributed by atoms with Gasteiger partial charge in [0, 0.05) is 79.0 Å². The van der Waals surface area contributed by atoms with Gasteiger partial charge in [-0.2, -0.15) is 13.2 Å². The van der Waals surface area contributed by atoms with E-state index in [1.54, 1.807) is 29.4 Å². The van der Waals surface area contributed by atoms with Crippen molar-refractivity contribution in [3.8, 4) is 17.0 Å². The average Bonchev–Trinajstić information content (AvgIpc) is 4.03. The van der Waals surface area contributed by atoms with Crippen LogP contribution in [0.15, 0.2) is 85.7 Å². The summed E-state index contributed by atoms with van der Waals surface area (Å²) < 4.78 is 72.4. The van der Waals surface area contributed by atoms with Crippen molar-refractivity contribution in [1.29, 1.82) is 0 Å². The Kier molecular flexibility index (Phi) is 16.4. The molecular weight excluding hydrogens is 1070 g/mol. The third-order valence-electron chi connectivity index (χ3n) is 12.9. The molecule has 9 rings (SSSR count). The third-order valence-corrected chi connectivity index (χ3v) is 13.7. The molecule has 3 aromatic carbocycles. The summed E-state index contributed by atoms with van der Waals surface area (Å²) in [4.78, 5) is 71.1. The Morgan fingerprint density at radius 1 is 0.671 bits per heavy atom. The number of likely N-dealkylation sites (tertiary alicyclic amines) is 2. The summed E-state index contributed by atoms with van der Waals surface area (Å²) in [6, 6.07) is 13.1. The van der Waals surface area contributed by atoms with Gasteiger partial charge in [0.25, 0.3) is 11.8 Å². The predicted octanol–water partition coefficient (Wildman–Crippen LogP) is 9.27. The number of methoxy groups -OCH3 is 2. The van der Waals surface area contributed by atoms with E-state index < -0.39 is 24.0 Å². The van der Waals surface area contributed by atoms with Crippen molar-refractivity contribution in [2.45, 2.75) is 59.0 Å². The highest BCUT2D eigenvalue weighted by Gasteiger charge is 2.31. The van der Waals surface area contributed by atoms with Crippen LogP contribution in [0.3, 0.4) is 0 Å². The number of anilines is 4. The van der Waals surface area contributed by atoms with Crippen LogP contribution in [0.1, 0.15) is 71.4 Å². The fourth-order valence-electron chi connectivity index (χ4n) is 9.03. The van der Waals surface area contributed by atoms with E-state index in [0.29, 0.717) is 92.4 Å². The van der Waals surface area contributed by atoms with E-state index in [-0.39, 0.29) is 46.8 Å². The monoisotopic (exact) mass is 1120 g/mol. The quantitative estimate of drug-likeness (QED) is 0.0633. The molecule has 0 bridgehead atoms. The van der Waals surface area contributed by atoms with E-state index in [9.17, 15) is 36.7 Å². The molecule has 73 heavy (non-hydrogen) atoms. The Balaban J connectivity index is 0.000000204. The summed E-state index contributed by atoms with van der Waals surface area (Å²) in [7, 11) is 2.77. The first-order valence-electron chi connectivity index (χ1n) is 23.5. The molecule has 0 aliphatic carbocycles. The molecule has 0 atom stereocenters. The molecule has 382 valence electrons. The number of carbonyl (C=O) groups is 4. The van der Waals surface area contributed by atoms with Crippen LogP contribution in [0.25, 0.3) is 22.6 Å². The topological polar surface area (TPSA) is 187 Å². The number of esters is 2. The van der Waals surface area contributed by atoms with Gasteiger partial charge in [-0.05, 0) is 121 Å². The molecule has 0 radical (unpaired) electrons. The lowest BCUT2D eigenvalue weighted by molar-refractivity contribution is -0.147. The zero-order valence-corrected chi connectivity index (χ0v) is 42.4. The molecule has 2 amide bonds. The van der Waals surface area contributed by atoms with Crippen LogP contribution < -0.4 is 15.4 Å². The van der Waals surface area contributed by atoms with Gasteiger partial charge in [-0.25, -0.2) is 24.3 Å². The first-order chi connectivity index (χ1) is 35.2. The minimum atomic E-state index is -3.30. The fraction of sp³-hybridized carbons (Fsp3) is 0.333. The SMILES string of the molecule is CCc1cc(Nc2nccn3c(-c4ccc(OC(F)F)c(F)c4F)cnc23)ccc1C(=O)N1CCC(C(=O)OC)CC1.CCc1cc(Nc2nccn3c(I)cnc23)ccc1C(=O)N1CCC(C(=O)OC)CC1. The number of aryl methyl sites for hydroxylation is 2. The standard InChI is InChI=1S/C29H27F4N5O4.C22H24IN5O3/c1-3-16-14-18(4-5-19(16)27(39)37-11-8-17(9-12-37)28(40)41-2)36-25-26-35-15-21(38(26)13-10-34-25)20-6-7-22(42-29(32)33)24(31)23(20)30;1-3-14-12-16(26-19-20-25-13-18(23)28(20)11-8-24-19)4-5-17(14)21(29)27-9-6-15(7-10-27)22(30)31-2/h4-7,10,13-15,17,29H,3,8-9,11-12H2,1-2H3,(H,34,36);4-5,8,11-13,15H,3,6-7,9-10H2,1-2H3,(H,24,26). The number of nitrogens with zero attached hydrogens (tertiary/aromatic N) is 8. The number of piperidine rings is 2. The van der Waals surface area contributed by atoms with Gasteiger partial charge in [0.2, 0.25) is 5.82 Å². The fourth-order valence-corrected chi connectivity index (χ4v) is 9.56. The Morgan fingerprint density at radius 2 is 1.15 bits per heavy atom. The van der Waals surface area contributed by atoms with Crippen molar-refractivity contribution < 1.29 is 51.0 Å². The number of halogens is 5. The van der Waals surface area contributed by atoms with E-state index in [2.05, 4.69) is 57.9 Å². The Hall–Kier alpha value is -7.37. The zero-order chi connectivity index (χ0) is 51.9. The number of hydrogen-bond acceptors (Lipinski definition) is 13. The molecule has 2 N–H and O–H groups in total. The average molecular weight is 1120 g/mol. The van der Waals surface area contributed by atoms with Gasteiger partial charge in [-0.15, -0.1) is 0 Å². The van der Waals surface area contributed by atoms with E-state index in [1.165, 1.54) is 37.2 Å². The van der Waals surface area contributed by atoms with Crippen LogP contribution >= 0.6 is 22.6 Å². The summed E-state index contributed by atoms with van der Waals surface area (Å²) in [6.45, 7) is 2.72. The summed E-state index contributed by atoms with van der Waals surface area (Å²) in [5, 5.41) is 6.50. The molecule has 2 fully saturated rings. The summed E-state index contributed by atoms with van der Waals surface area (Å²) in [5.74, 6) is -3.69. The van der Waals surface area contributed by atoms with E-state index in [4.69, 9.17) is 9.47 Å².